The average Bonchev–Trinajstić information content (AvgIpc) is 3.77. The molecule has 3 aliphatic rings. The van der Waals surface area contributed by atoms with E-state index in [1.165, 1.54) is 60.7 Å². The van der Waals surface area contributed by atoms with E-state index in [1.54, 1.807) is 0 Å². The highest BCUT2D eigenvalue weighted by Gasteiger charge is 2.60. The number of hydrogen-bond donors (Lipinski definition) is 2. The number of aromatic hydroxyl groups is 2. The Morgan fingerprint density at radius 2 is 1.11 bits per heavy atom. The van der Waals surface area contributed by atoms with Crippen LogP contribution in [-0.4, -0.2) is 37.3 Å². The molecule has 46 heavy (non-hydrogen) atoms. The third-order valence-electron chi connectivity index (χ3n) is 10.4. The van der Waals surface area contributed by atoms with E-state index in [0.29, 0.717) is 19.3 Å². The quantitative estimate of drug-likeness (QED) is 0.246. The number of carbonyl (C=O) groups is 2. The summed E-state index contributed by atoms with van der Waals surface area (Å²) in [6.07, 6.45) is 1.48. The van der Waals surface area contributed by atoms with E-state index in [9.17, 15) is 36.6 Å². The van der Waals surface area contributed by atoms with E-state index in [2.05, 4.69) is 9.95 Å². The zero-order chi connectivity index (χ0) is 32.7. The molecule has 0 heterocycles. The molecule has 0 aromatic heterocycles. The molecule has 232 valence electrons. The molecule has 0 radical (unpaired) electrons. The third-order valence-corrected chi connectivity index (χ3v) is 13.9. The van der Waals surface area contributed by atoms with Crippen LogP contribution in [0.1, 0.15) is 25.7 Å². The van der Waals surface area contributed by atoms with Crippen molar-refractivity contribution in [2.24, 2.45) is 35.5 Å². The number of diazo groups is 2. The Balaban J connectivity index is 1.15. The minimum Gasteiger partial charge on any atom is -0.501 e. The number of benzene rings is 4. The second-order valence-electron chi connectivity index (χ2n) is 12.4. The largest absolute Gasteiger partial charge is 0.501 e. The molecule has 2 bridgehead atoms. The fourth-order valence-electron chi connectivity index (χ4n) is 8.40. The smallest absolute Gasteiger partial charge is 0.426 e. The molecule has 6 atom stereocenters. The van der Waals surface area contributed by atoms with Crippen LogP contribution >= 0.6 is 0 Å². The molecule has 3 saturated carbocycles. The normalized spacial score (nSPS) is 25.3. The molecule has 4 aromatic carbocycles. The lowest BCUT2D eigenvalue weighted by Crippen LogP contribution is -2.33. The van der Waals surface area contributed by atoms with Crippen molar-refractivity contribution in [1.29, 1.82) is 10.8 Å². The highest BCUT2D eigenvalue weighted by atomic mass is 32.2. The van der Waals surface area contributed by atoms with E-state index in [1.807, 2.05) is 0 Å². The summed E-state index contributed by atoms with van der Waals surface area (Å²) >= 11 is 0. The number of phenolic OH excluding ortho intramolecular Hbond substituents is 2. The van der Waals surface area contributed by atoms with Gasteiger partial charge in [0.1, 0.15) is 0 Å². The van der Waals surface area contributed by atoms with Gasteiger partial charge in [-0.1, -0.05) is 24.3 Å². The summed E-state index contributed by atoms with van der Waals surface area (Å²) in [5.41, 5.74) is -0.297. The zero-order valence-electron chi connectivity index (χ0n) is 24.0. The number of nitrogens with zero attached hydrogens (tertiary/aromatic N) is 4. The van der Waals surface area contributed by atoms with E-state index >= 15 is 0 Å². The van der Waals surface area contributed by atoms with Crippen LogP contribution in [0.2, 0.25) is 0 Å². The van der Waals surface area contributed by atoms with Crippen molar-refractivity contribution in [3.63, 3.8) is 0 Å². The lowest BCUT2D eigenvalue weighted by molar-refractivity contribution is -0.117. The van der Waals surface area contributed by atoms with Crippen molar-refractivity contribution in [3.05, 3.63) is 70.6 Å². The summed E-state index contributed by atoms with van der Waals surface area (Å²) in [6, 6.07) is 13.5. The molecule has 4 aromatic rings. The zero-order valence-corrected chi connectivity index (χ0v) is 25.6. The first-order valence-electron chi connectivity index (χ1n) is 14.7. The Bertz CT molecular complexity index is 2340. The highest BCUT2D eigenvalue weighted by molar-refractivity contribution is 8.06. The van der Waals surface area contributed by atoms with E-state index in [0.717, 1.165) is 0 Å². The first-order chi connectivity index (χ1) is 21.9. The maximum atomic E-state index is 13.7. The van der Waals surface area contributed by atoms with Crippen LogP contribution in [0.3, 0.4) is 0 Å². The Hall–Kier alpha value is -4.92. The van der Waals surface area contributed by atoms with E-state index in [-0.39, 0.29) is 72.8 Å². The van der Waals surface area contributed by atoms with Crippen LogP contribution in [-0.2, 0) is 29.3 Å². The first-order valence-corrected chi connectivity index (χ1v) is 17.6. The summed E-state index contributed by atoms with van der Waals surface area (Å²) in [7, 11) is -9.00. The molecule has 12 nitrogen and oxygen atoms in total. The van der Waals surface area contributed by atoms with Crippen molar-refractivity contribution < 1.29 is 36.6 Å². The van der Waals surface area contributed by atoms with Crippen molar-refractivity contribution >= 4 is 62.8 Å². The van der Waals surface area contributed by atoms with Crippen LogP contribution in [0.25, 0.3) is 31.5 Å². The predicted molar refractivity (Wildman–Crippen MR) is 165 cm³/mol. The van der Waals surface area contributed by atoms with Crippen molar-refractivity contribution in [3.8, 4) is 11.5 Å². The van der Waals surface area contributed by atoms with E-state index < -0.39 is 53.2 Å². The molecule has 3 aliphatic carbocycles. The summed E-state index contributed by atoms with van der Waals surface area (Å²) < 4.78 is 54.8. The second-order valence-corrected chi connectivity index (χ2v) is 16.1. The van der Waals surface area contributed by atoms with Gasteiger partial charge in [0.05, 0.1) is 9.79 Å². The standard InChI is InChI=1S/C32H24N4O8S2/c33-35-25-9-7-17-19(29(25)37)3-1-5-27(17)45(41,42)31(39)16-13-21-15-11-23(22(21)14-16)24(12-15)32(40)46(43,44)28-6-2-4-20-18(28)8-10-26(36-34)30(20)38/h1-10,15-16,21-24H,11-14H2/p+2. The van der Waals surface area contributed by atoms with Gasteiger partial charge in [-0.2, -0.15) is 0 Å². The van der Waals surface area contributed by atoms with Gasteiger partial charge < -0.3 is 10.2 Å². The number of hydrogen-bond acceptors (Lipinski definition) is 10. The summed E-state index contributed by atoms with van der Waals surface area (Å²) in [5.74, 6) is -3.05. The monoisotopic (exact) mass is 658 g/mol. The molecule has 14 heteroatoms. The maximum absolute atomic E-state index is 13.7. The minimum absolute atomic E-state index is 0.0126. The Morgan fingerprint density at radius 1 is 0.609 bits per heavy atom. The van der Waals surface area contributed by atoms with Gasteiger partial charge in [0, 0.05) is 45.5 Å². The van der Waals surface area contributed by atoms with Gasteiger partial charge >= 0.3 is 11.4 Å². The molecule has 3 fully saturated rings. The Morgan fingerprint density at radius 3 is 1.63 bits per heavy atom. The number of fused-ring (bicyclic) bond motifs is 7. The molecular formula is C32H26N4O8S2+2. The van der Waals surface area contributed by atoms with Crippen LogP contribution < -0.4 is 0 Å². The molecule has 0 saturated heterocycles. The van der Waals surface area contributed by atoms with Crippen LogP contribution in [0.4, 0.5) is 11.4 Å². The van der Waals surface area contributed by atoms with Gasteiger partial charge in [-0.25, -0.2) is 16.8 Å². The molecule has 0 amide bonds. The number of rotatable bonds is 4. The topological polar surface area (TPSA) is 199 Å². The number of carbonyl (C=O) groups excluding carboxylic acids is 2. The maximum Gasteiger partial charge on any atom is 0.426 e. The Labute approximate surface area is 262 Å². The lowest BCUT2D eigenvalue weighted by Gasteiger charge is -2.30. The highest BCUT2D eigenvalue weighted by Crippen LogP contribution is 2.63. The van der Waals surface area contributed by atoms with Gasteiger partial charge in [-0.05, 0) is 73.6 Å². The Kier molecular flexibility index (Phi) is 6.67. The molecule has 2 N–H and O–H groups in total. The molecule has 0 aliphatic heterocycles. The van der Waals surface area contributed by atoms with Crippen molar-refractivity contribution in [2.45, 2.75) is 35.5 Å². The fourth-order valence-corrected chi connectivity index (χ4v) is 11.6. The molecular weight excluding hydrogens is 633 g/mol. The first kappa shape index (κ1) is 29.8. The minimum atomic E-state index is -4.50. The van der Waals surface area contributed by atoms with Gasteiger partial charge in [-0.15, -0.1) is 0 Å². The molecule has 0 spiro atoms. The average molecular weight is 659 g/mol. The van der Waals surface area contributed by atoms with E-state index in [4.69, 9.17) is 10.8 Å². The summed E-state index contributed by atoms with van der Waals surface area (Å²) in [5, 5.41) is 37.6. The van der Waals surface area contributed by atoms with Gasteiger partial charge in [0.15, 0.2) is 9.95 Å². The predicted octanol–water partition coefficient (Wildman–Crippen LogP) is 5.97. The number of phenols is 2. The van der Waals surface area contributed by atoms with Crippen LogP contribution in [0, 0.1) is 46.3 Å². The second kappa shape index (κ2) is 10.3. The van der Waals surface area contributed by atoms with Crippen LogP contribution in [0.15, 0.2) is 70.5 Å². The van der Waals surface area contributed by atoms with Crippen molar-refractivity contribution in [1.82, 2.24) is 0 Å². The summed E-state index contributed by atoms with van der Waals surface area (Å²) in [4.78, 5) is 32.8. The van der Waals surface area contributed by atoms with Gasteiger partial charge in [0.25, 0.3) is 10.2 Å². The third kappa shape index (κ3) is 4.13. The summed E-state index contributed by atoms with van der Waals surface area (Å²) in [6.45, 7) is 0. The number of sulfone groups is 2. The van der Waals surface area contributed by atoms with Crippen molar-refractivity contribution in [2.75, 3.05) is 0 Å². The van der Waals surface area contributed by atoms with Crippen LogP contribution in [0.5, 0.6) is 11.5 Å². The molecule has 7 rings (SSSR count). The van der Waals surface area contributed by atoms with Gasteiger partial charge in [-0.3, -0.25) is 9.59 Å². The van der Waals surface area contributed by atoms with Gasteiger partial charge in [0.2, 0.25) is 42.0 Å². The molecule has 6 unspecified atom stereocenters. The SMILES string of the molecule is N#[N+]c1ccc2c(S(=O)(=O)C(=O)C3CC4C5CC(C(=O)S(=O)(=O)c6cccc7c(O)c([N+]#N)ccc67)C(C5)C4C3)cccc2c1O. The lowest BCUT2D eigenvalue weighted by atomic mass is 9.76. The fraction of sp³-hybridized carbons (Fsp3) is 0.312.